The Bertz CT molecular complexity index is 647. The van der Waals surface area contributed by atoms with Crippen LogP contribution in [0.4, 0.5) is 0 Å². The van der Waals surface area contributed by atoms with Crippen molar-refractivity contribution in [1.82, 2.24) is 0 Å². The first-order valence-corrected chi connectivity index (χ1v) is 9.40. The lowest BCUT2D eigenvalue weighted by Crippen LogP contribution is -2.08. The van der Waals surface area contributed by atoms with Gasteiger partial charge in [-0.25, -0.2) is 4.79 Å². The van der Waals surface area contributed by atoms with E-state index < -0.39 is 0 Å². The SMILES string of the molecule is CCCCCCOc1ccc(OC(=O)c2ccc(OCCC)cc2)cc1. The van der Waals surface area contributed by atoms with Crippen LogP contribution < -0.4 is 14.2 Å². The number of hydrogen-bond donors (Lipinski definition) is 0. The van der Waals surface area contributed by atoms with E-state index in [1.54, 1.807) is 36.4 Å². The summed E-state index contributed by atoms with van der Waals surface area (Å²) in [5, 5.41) is 0. The Kier molecular flexibility index (Phi) is 8.53. The Morgan fingerprint density at radius 3 is 1.88 bits per heavy atom. The molecule has 0 saturated carbocycles. The second-order valence-electron chi connectivity index (χ2n) is 6.14. The number of carbonyl (C=O) groups is 1. The van der Waals surface area contributed by atoms with Crippen molar-refractivity contribution in [3.05, 3.63) is 54.1 Å². The van der Waals surface area contributed by atoms with Crippen molar-refractivity contribution >= 4 is 5.97 Å². The quantitative estimate of drug-likeness (QED) is 0.296. The average Bonchev–Trinajstić information content (AvgIpc) is 2.68. The molecular formula is C22H28O4. The van der Waals surface area contributed by atoms with Crippen molar-refractivity contribution in [2.75, 3.05) is 13.2 Å². The van der Waals surface area contributed by atoms with E-state index in [1.807, 2.05) is 12.1 Å². The van der Waals surface area contributed by atoms with Gasteiger partial charge >= 0.3 is 5.97 Å². The third kappa shape index (κ3) is 6.79. The summed E-state index contributed by atoms with van der Waals surface area (Å²) in [5.74, 6) is 1.66. The van der Waals surface area contributed by atoms with E-state index in [1.165, 1.54) is 19.3 Å². The molecule has 140 valence electrons. The minimum Gasteiger partial charge on any atom is -0.494 e. The molecule has 0 heterocycles. The highest BCUT2D eigenvalue weighted by Crippen LogP contribution is 2.20. The molecule has 0 unspecified atom stereocenters. The third-order valence-corrected chi connectivity index (χ3v) is 3.86. The maximum atomic E-state index is 12.2. The van der Waals surface area contributed by atoms with Crippen molar-refractivity contribution in [1.29, 1.82) is 0 Å². The molecule has 0 N–H and O–H groups in total. The average molecular weight is 356 g/mol. The van der Waals surface area contributed by atoms with Gasteiger partial charge in [0.1, 0.15) is 17.2 Å². The molecule has 26 heavy (non-hydrogen) atoms. The summed E-state index contributed by atoms with van der Waals surface area (Å²) in [6.07, 6.45) is 5.65. The zero-order chi connectivity index (χ0) is 18.6. The first-order valence-electron chi connectivity index (χ1n) is 9.40. The van der Waals surface area contributed by atoms with Crippen LogP contribution in [-0.4, -0.2) is 19.2 Å². The zero-order valence-electron chi connectivity index (χ0n) is 15.7. The lowest BCUT2D eigenvalue weighted by atomic mass is 10.2. The maximum Gasteiger partial charge on any atom is 0.343 e. The van der Waals surface area contributed by atoms with Crippen LogP contribution in [0.5, 0.6) is 17.2 Å². The molecule has 2 aromatic carbocycles. The highest BCUT2D eigenvalue weighted by Gasteiger charge is 2.09. The van der Waals surface area contributed by atoms with Gasteiger partial charge in [0.05, 0.1) is 18.8 Å². The molecule has 0 radical (unpaired) electrons. The zero-order valence-corrected chi connectivity index (χ0v) is 15.7. The van der Waals surface area contributed by atoms with E-state index in [4.69, 9.17) is 14.2 Å². The van der Waals surface area contributed by atoms with Gasteiger partial charge in [-0.05, 0) is 61.4 Å². The fourth-order valence-electron chi connectivity index (χ4n) is 2.40. The van der Waals surface area contributed by atoms with Crippen molar-refractivity contribution in [3.63, 3.8) is 0 Å². The molecule has 0 atom stereocenters. The molecule has 2 aromatic rings. The first-order chi connectivity index (χ1) is 12.7. The number of esters is 1. The van der Waals surface area contributed by atoms with Gasteiger partial charge in [-0.2, -0.15) is 0 Å². The smallest absolute Gasteiger partial charge is 0.343 e. The summed E-state index contributed by atoms with van der Waals surface area (Å²) in [7, 11) is 0. The molecule has 0 saturated heterocycles. The standard InChI is InChI=1S/C22H28O4/c1-3-5-6-7-17-25-20-12-14-21(15-13-20)26-22(23)18-8-10-19(11-9-18)24-16-4-2/h8-15H,3-7,16-17H2,1-2H3. The highest BCUT2D eigenvalue weighted by atomic mass is 16.5. The normalized spacial score (nSPS) is 10.4. The van der Waals surface area contributed by atoms with Crippen LogP contribution >= 0.6 is 0 Å². The predicted octanol–water partition coefficient (Wildman–Crippen LogP) is 5.65. The molecule has 2 rings (SSSR count). The number of hydrogen-bond acceptors (Lipinski definition) is 4. The maximum absolute atomic E-state index is 12.2. The monoisotopic (exact) mass is 356 g/mol. The molecular weight excluding hydrogens is 328 g/mol. The van der Waals surface area contributed by atoms with Crippen LogP contribution in [0, 0.1) is 0 Å². The van der Waals surface area contributed by atoms with Crippen LogP contribution in [0.2, 0.25) is 0 Å². The number of ether oxygens (including phenoxy) is 3. The lowest BCUT2D eigenvalue weighted by Gasteiger charge is -2.08. The summed E-state index contributed by atoms with van der Waals surface area (Å²) >= 11 is 0. The summed E-state index contributed by atoms with van der Waals surface area (Å²) in [4.78, 5) is 12.2. The molecule has 0 spiro atoms. The van der Waals surface area contributed by atoms with E-state index in [2.05, 4.69) is 13.8 Å². The molecule has 0 aromatic heterocycles. The molecule has 0 aliphatic rings. The van der Waals surface area contributed by atoms with E-state index in [0.29, 0.717) is 24.5 Å². The van der Waals surface area contributed by atoms with Crippen molar-refractivity contribution in [3.8, 4) is 17.2 Å². The Hall–Kier alpha value is -2.49. The van der Waals surface area contributed by atoms with Crippen molar-refractivity contribution < 1.29 is 19.0 Å². The van der Waals surface area contributed by atoms with Gasteiger partial charge in [0.15, 0.2) is 0 Å². The molecule has 0 aliphatic carbocycles. The minimum atomic E-state index is -0.389. The van der Waals surface area contributed by atoms with Crippen LogP contribution in [0.1, 0.15) is 56.3 Å². The van der Waals surface area contributed by atoms with Gasteiger partial charge in [0, 0.05) is 0 Å². The summed E-state index contributed by atoms with van der Waals surface area (Å²) in [6.45, 7) is 5.62. The molecule has 0 aliphatic heterocycles. The lowest BCUT2D eigenvalue weighted by molar-refractivity contribution is 0.0734. The molecule has 0 fully saturated rings. The van der Waals surface area contributed by atoms with Gasteiger partial charge in [-0.3, -0.25) is 0 Å². The fraction of sp³-hybridized carbons (Fsp3) is 0.409. The van der Waals surface area contributed by atoms with Gasteiger partial charge in [0.25, 0.3) is 0 Å². The van der Waals surface area contributed by atoms with Crippen LogP contribution in [-0.2, 0) is 0 Å². The number of rotatable bonds is 11. The first kappa shape index (κ1) is 19.8. The molecule has 4 nitrogen and oxygen atoms in total. The number of benzene rings is 2. The molecule has 0 bridgehead atoms. The van der Waals surface area contributed by atoms with E-state index in [0.717, 1.165) is 24.3 Å². The topological polar surface area (TPSA) is 44.8 Å². The summed E-state index contributed by atoms with van der Waals surface area (Å²) < 4.78 is 16.6. The van der Waals surface area contributed by atoms with Gasteiger partial charge in [-0.15, -0.1) is 0 Å². The minimum absolute atomic E-state index is 0.389. The van der Waals surface area contributed by atoms with E-state index >= 15 is 0 Å². The molecule has 4 heteroatoms. The third-order valence-electron chi connectivity index (χ3n) is 3.86. The summed E-state index contributed by atoms with van der Waals surface area (Å²) in [6, 6.07) is 14.1. The van der Waals surface area contributed by atoms with E-state index in [9.17, 15) is 4.79 Å². The second kappa shape index (κ2) is 11.2. The number of carbonyl (C=O) groups excluding carboxylic acids is 1. The fourth-order valence-corrected chi connectivity index (χ4v) is 2.40. The Balaban J connectivity index is 1.81. The Morgan fingerprint density at radius 1 is 0.692 bits per heavy atom. The summed E-state index contributed by atoms with van der Waals surface area (Å²) in [5.41, 5.74) is 0.491. The Labute approximate surface area is 156 Å². The van der Waals surface area contributed by atoms with Crippen LogP contribution in [0.3, 0.4) is 0 Å². The second-order valence-corrected chi connectivity index (χ2v) is 6.14. The number of unbranched alkanes of at least 4 members (excludes halogenated alkanes) is 3. The predicted molar refractivity (Wildman–Crippen MR) is 103 cm³/mol. The highest BCUT2D eigenvalue weighted by molar-refractivity contribution is 5.91. The van der Waals surface area contributed by atoms with Crippen molar-refractivity contribution in [2.45, 2.75) is 46.0 Å². The van der Waals surface area contributed by atoms with Gasteiger partial charge < -0.3 is 14.2 Å². The van der Waals surface area contributed by atoms with Crippen LogP contribution in [0.25, 0.3) is 0 Å². The van der Waals surface area contributed by atoms with Crippen molar-refractivity contribution in [2.24, 2.45) is 0 Å². The van der Waals surface area contributed by atoms with Gasteiger partial charge in [0.2, 0.25) is 0 Å². The van der Waals surface area contributed by atoms with E-state index in [-0.39, 0.29) is 5.97 Å². The Morgan fingerprint density at radius 2 is 1.27 bits per heavy atom. The van der Waals surface area contributed by atoms with Gasteiger partial charge in [-0.1, -0.05) is 33.1 Å². The molecule has 0 amide bonds. The largest absolute Gasteiger partial charge is 0.494 e. The van der Waals surface area contributed by atoms with Crippen LogP contribution in [0.15, 0.2) is 48.5 Å².